The molecule has 0 unspecified atom stereocenters. The Morgan fingerprint density at radius 1 is 0.912 bits per heavy atom. The van der Waals surface area contributed by atoms with Gasteiger partial charge in [0.1, 0.15) is 0 Å². The van der Waals surface area contributed by atoms with Gasteiger partial charge >= 0.3 is 0 Å². The molecule has 0 saturated carbocycles. The Hall–Kier alpha value is -2.58. The van der Waals surface area contributed by atoms with Crippen LogP contribution in [0.15, 0.2) is 77.7 Å². The number of piperazine rings is 1. The zero-order valence-electron chi connectivity index (χ0n) is 18.7. The van der Waals surface area contributed by atoms with Gasteiger partial charge in [-0.1, -0.05) is 53.5 Å². The van der Waals surface area contributed by atoms with Crippen LogP contribution in [0, 0.1) is 0 Å². The lowest BCUT2D eigenvalue weighted by Gasteiger charge is -2.35. The first-order chi connectivity index (χ1) is 16.3. The molecule has 4 rings (SSSR count). The second-order valence-corrected chi connectivity index (χ2v) is 10.9. The van der Waals surface area contributed by atoms with Gasteiger partial charge in [-0.05, 0) is 48.0 Å². The van der Waals surface area contributed by atoms with Crippen LogP contribution in [0.4, 0.5) is 5.69 Å². The highest BCUT2D eigenvalue weighted by molar-refractivity contribution is 7.89. The molecule has 3 aromatic rings. The van der Waals surface area contributed by atoms with Crippen LogP contribution in [0.1, 0.15) is 15.9 Å². The van der Waals surface area contributed by atoms with Crippen LogP contribution >= 0.6 is 23.2 Å². The topological polar surface area (TPSA) is 60.9 Å². The minimum atomic E-state index is -3.72. The van der Waals surface area contributed by atoms with E-state index in [1.54, 1.807) is 37.4 Å². The second kappa shape index (κ2) is 10.4. The molecule has 34 heavy (non-hydrogen) atoms. The molecule has 0 radical (unpaired) electrons. The summed E-state index contributed by atoms with van der Waals surface area (Å²) in [6.45, 7) is 2.24. The molecule has 0 aliphatic carbocycles. The van der Waals surface area contributed by atoms with Gasteiger partial charge in [-0.25, -0.2) is 8.42 Å². The van der Waals surface area contributed by atoms with Gasteiger partial charge in [-0.15, -0.1) is 0 Å². The first-order valence-electron chi connectivity index (χ1n) is 10.9. The molecule has 3 aromatic carbocycles. The van der Waals surface area contributed by atoms with Crippen molar-refractivity contribution in [2.75, 3.05) is 38.1 Å². The van der Waals surface area contributed by atoms with Gasteiger partial charge in [0.25, 0.3) is 5.91 Å². The van der Waals surface area contributed by atoms with Crippen molar-refractivity contribution in [3.63, 3.8) is 0 Å². The number of halogens is 2. The fourth-order valence-electron chi connectivity index (χ4n) is 3.96. The van der Waals surface area contributed by atoms with Gasteiger partial charge < -0.3 is 9.80 Å². The van der Waals surface area contributed by atoms with Gasteiger partial charge in [0.2, 0.25) is 10.0 Å². The molecule has 6 nitrogen and oxygen atoms in total. The van der Waals surface area contributed by atoms with Crippen LogP contribution in [-0.4, -0.2) is 56.8 Å². The van der Waals surface area contributed by atoms with E-state index < -0.39 is 10.0 Å². The Balaban J connectivity index is 1.46. The van der Waals surface area contributed by atoms with Gasteiger partial charge in [0.15, 0.2) is 0 Å². The number of carbonyl (C=O) groups excluding carboxylic acids is 1. The first kappa shape index (κ1) is 24.5. The molecule has 0 aromatic heterocycles. The average molecular weight is 518 g/mol. The lowest BCUT2D eigenvalue weighted by molar-refractivity contribution is 0.0785. The van der Waals surface area contributed by atoms with E-state index in [0.717, 1.165) is 11.3 Å². The van der Waals surface area contributed by atoms with E-state index in [0.29, 0.717) is 41.8 Å². The van der Waals surface area contributed by atoms with Crippen LogP contribution in [-0.2, 0) is 16.6 Å². The summed E-state index contributed by atoms with van der Waals surface area (Å²) in [4.78, 5) is 16.8. The summed E-state index contributed by atoms with van der Waals surface area (Å²) < 4.78 is 28.1. The molecule has 1 amide bonds. The predicted octanol–water partition coefficient (Wildman–Crippen LogP) is 4.78. The van der Waals surface area contributed by atoms with Crippen LogP contribution in [0.2, 0.25) is 10.0 Å². The van der Waals surface area contributed by atoms with Gasteiger partial charge in [-0.2, -0.15) is 4.31 Å². The maximum absolute atomic E-state index is 13.3. The summed E-state index contributed by atoms with van der Waals surface area (Å²) in [5, 5.41) is 0.989. The molecule has 0 spiro atoms. The fraction of sp³-hybridized carbons (Fsp3) is 0.240. The average Bonchev–Trinajstić information content (AvgIpc) is 2.86. The van der Waals surface area contributed by atoms with E-state index in [4.69, 9.17) is 23.2 Å². The number of hydrogen-bond donors (Lipinski definition) is 0. The van der Waals surface area contributed by atoms with Crippen LogP contribution in [0.3, 0.4) is 0 Å². The van der Waals surface area contributed by atoms with Crippen molar-refractivity contribution in [1.29, 1.82) is 0 Å². The number of para-hydroxylation sites is 1. The molecular formula is C25H25Cl2N3O3S. The molecule has 1 fully saturated rings. The van der Waals surface area contributed by atoms with Gasteiger partial charge in [-0.3, -0.25) is 4.79 Å². The zero-order valence-corrected chi connectivity index (χ0v) is 21.0. The molecule has 0 atom stereocenters. The third-order valence-corrected chi connectivity index (χ3v) is 8.33. The van der Waals surface area contributed by atoms with Crippen molar-refractivity contribution in [3.8, 4) is 0 Å². The molecule has 1 aliphatic rings. The molecule has 1 saturated heterocycles. The number of carbonyl (C=O) groups is 1. The van der Waals surface area contributed by atoms with Crippen molar-refractivity contribution < 1.29 is 13.2 Å². The van der Waals surface area contributed by atoms with E-state index in [-0.39, 0.29) is 17.3 Å². The Labute approximate surface area is 210 Å². The van der Waals surface area contributed by atoms with Crippen molar-refractivity contribution in [2.45, 2.75) is 11.4 Å². The number of benzene rings is 3. The van der Waals surface area contributed by atoms with Gasteiger partial charge in [0, 0.05) is 61.1 Å². The van der Waals surface area contributed by atoms with Gasteiger partial charge in [0.05, 0.1) is 4.90 Å². The molecule has 0 N–H and O–H groups in total. The Bertz CT molecular complexity index is 1280. The summed E-state index contributed by atoms with van der Waals surface area (Å²) in [7, 11) is -2.07. The highest BCUT2D eigenvalue weighted by atomic mass is 35.5. The normalized spacial score (nSPS) is 14.7. The summed E-state index contributed by atoms with van der Waals surface area (Å²) in [6, 6.07) is 21.3. The molecule has 178 valence electrons. The number of anilines is 1. The number of rotatable bonds is 6. The van der Waals surface area contributed by atoms with Crippen molar-refractivity contribution in [3.05, 3.63) is 94.0 Å². The summed E-state index contributed by atoms with van der Waals surface area (Å²) in [6.07, 6.45) is 0. The van der Waals surface area contributed by atoms with E-state index >= 15 is 0 Å². The lowest BCUT2D eigenvalue weighted by atomic mass is 10.1. The highest BCUT2D eigenvalue weighted by Crippen LogP contribution is 2.24. The SMILES string of the molecule is CN(Cc1ccc(Cl)cc1Cl)C(=O)c1cccc(S(=O)(=O)N2CCN(c3ccccc3)CC2)c1. The molecule has 9 heteroatoms. The van der Waals surface area contributed by atoms with E-state index in [2.05, 4.69) is 4.90 Å². The number of nitrogens with zero attached hydrogens (tertiary/aromatic N) is 3. The largest absolute Gasteiger partial charge is 0.369 e. The van der Waals surface area contributed by atoms with Crippen molar-refractivity contribution >= 4 is 44.8 Å². The highest BCUT2D eigenvalue weighted by Gasteiger charge is 2.29. The lowest BCUT2D eigenvalue weighted by Crippen LogP contribution is -2.48. The smallest absolute Gasteiger partial charge is 0.253 e. The zero-order chi connectivity index (χ0) is 24.3. The number of amides is 1. The maximum atomic E-state index is 13.3. The molecular weight excluding hydrogens is 493 g/mol. The van der Waals surface area contributed by atoms with E-state index in [1.807, 2.05) is 30.3 Å². The third kappa shape index (κ3) is 5.39. The fourth-order valence-corrected chi connectivity index (χ4v) is 5.90. The second-order valence-electron chi connectivity index (χ2n) is 8.15. The summed E-state index contributed by atoms with van der Waals surface area (Å²) in [5.41, 5.74) is 2.13. The minimum absolute atomic E-state index is 0.115. The Kier molecular flexibility index (Phi) is 7.48. The number of sulfonamides is 1. The monoisotopic (exact) mass is 517 g/mol. The summed E-state index contributed by atoms with van der Waals surface area (Å²) >= 11 is 12.2. The van der Waals surface area contributed by atoms with Crippen LogP contribution in [0.25, 0.3) is 0 Å². The standard InChI is InChI=1S/C25H25Cl2N3O3S/c1-28(18-20-10-11-21(26)17-24(20)27)25(31)19-6-5-9-23(16-19)34(32,33)30-14-12-29(13-15-30)22-7-3-2-4-8-22/h2-11,16-17H,12-15,18H2,1H3. The minimum Gasteiger partial charge on any atom is -0.369 e. The maximum Gasteiger partial charge on any atom is 0.253 e. The van der Waals surface area contributed by atoms with Crippen LogP contribution in [0.5, 0.6) is 0 Å². The molecule has 0 bridgehead atoms. The summed E-state index contributed by atoms with van der Waals surface area (Å²) in [5.74, 6) is -0.294. The van der Waals surface area contributed by atoms with E-state index in [9.17, 15) is 13.2 Å². The first-order valence-corrected chi connectivity index (χ1v) is 13.0. The Morgan fingerprint density at radius 3 is 2.29 bits per heavy atom. The molecule has 1 heterocycles. The Morgan fingerprint density at radius 2 is 1.62 bits per heavy atom. The van der Waals surface area contributed by atoms with E-state index in [1.165, 1.54) is 21.3 Å². The number of hydrogen-bond acceptors (Lipinski definition) is 4. The quantitative estimate of drug-likeness (QED) is 0.472. The third-order valence-electron chi connectivity index (χ3n) is 5.85. The predicted molar refractivity (Wildman–Crippen MR) is 136 cm³/mol. The van der Waals surface area contributed by atoms with Crippen molar-refractivity contribution in [2.24, 2.45) is 0 Å². The molecule has 1 aliphatic heterocycles. The van der Waals surface area contributed by atoms with Crippen LogP contribution < -0.4 is 4.90 Å². The van der Waals surface area contributed by atoms with Crippen molar-refractivity contribution in [1.82, 2.24) is 9.21 Å².